The molecule has 2 fully saturated rings. The van der Waals surface area contributed by atoms with E-state index in [9.17, 15) is 4.79 Å². The molecule has 0 aromatic rings. The molecule has 4 nitrogen and oxygen atoms in total. The van der Waals surface area contributed by atoms with E-state index in [0.717, 1.165) is 19.4 Å². The molecule has 110 valence electrons. The molecule has 1 saturated heterocycles. The fraction of sp³-hybridized carbons (Fsp3) is 0.933. The van der Waals surface area contributed by atoms with Gasteiger partial charge in [0.2, 0.25) is 5.91 Å². The van der Waals surface area contributed by atoms with E-state index in [1.54, 1.807) is 0 Å². The largest absolute Gasteiger partial charge is 0.372 e. The fourth-order valence-electron chi connectivity index (χ4n) is 3.42. The summed E-state index contributed by atoms with van der Waals surface area (Å²) in [6.07, 6.45) is 6.59. The van der Waals surface area contributed by atoms with Crippen molar-refractivity contribution in [2.45, 2.75) is 58.0 Å². The van der Waals surface area contributed by atoms with Crippen LogP contribution >= 0.6 is 0 Å². The molecule has 2 rings (SSSR count). The Morgan fingerprint density at radius 3 is 2.53 bits per heavy atom. The lowest BCUT2D eigenvalue weighted by Crippen LogP contribution is -2.52. The van der Waals surface area contributed by atoms with Gasteiger partial charge in [-0.3, -0.25) is 4.79 Å². The van der Waals surface area contributed by atoms with Crippen LogP contribution < -0.4 is 5.73 Å². The average Bonchev–Trinajstić information content (AvgIpc) is 2.38. The molecular formula is C15H28N2O2. The minimum atomic E-state index is -0.212. The Kier molecular flexibility index (Phi) is 4.51. The van der Waals surface area contributed by atoms with E-state index in [1.807, 2.05) is 18.7 Å². The fourth-order valence-corrected chi connectivity index (χ4v) is 3.42. The van der Waals surface area contributed by atoms with Crippen LogP contribution in [-0.2, 0) is 9.53 Å². The van der Waals surface area contributed by atoms with Crippen molar-refractivity contribution in [2.75, 3.05) is 26.2 Å². The minimum Gasteiger partial charge on any atom is -0.372 e. The van der Waals surface area contributed by atoms with Crippen LogP contribution in [0.3, 0.4) is 0 Å². The molecule has 1 saturated carbocycles. The number of carbonyl (C=O) groups excluding carboxylic acids is 1. The van der Waals surface area contributed by atoms with Crippen LogP contribution in [0.25, 0.3) is 0 Å². The third kappa shape index (κ3) is 3.69. The Labute approximate surface area is 116 Å². The second kappa shape index (κ2) is 5.80. The first-order valence-electron chi connectivity index (χ1n) is 7.58. The zero-order valence-corrected chi connectivity index (χ0v) is 12.4. The lowest BCUT2D eigenvalue weighted by atomic mass is 9.71. The second-order valence-corrected chi connectivity index (χ2v) is 6.87. The molecule has 1 heterocycles. The summed E-state index contributed by atoms with van der Waals surface area (Å²) < 4.78 is 5.67. The van der Waals surface area contributed by atoms with Crippen LogP contribution in [0.5, 0.6) is 0 Å². The van der Waals surface area contributed by atoms with Gasteiger partial charge < -0.3 is 15.4 Å². The van der Waals surface area contributed by atoms with Gasteiger partial charge in [0.05, 0.1) is 12.2 Å². The second-order valence-electron chi connectivity index (χ2n) is 6.87. The predicted octanol–water partition coefficient (Wildman–Crippen LogP) is 1.92. The van der Waals surface area contributed by atoms with Crippen molar-refractivity contribution < 1.29 is 9.53 Å². The molecule has 0 aromatic carbocycles. The number of hydrogen-bond acceptors (Lipinski definition) is 3. The van der Waals surface area contributed by atoms with Gasteiger partial charge in [-0.25, -0.2) is 0 Å². The Hall–Kier alpha value is -0.610. The van der Waals surface area contributed by atoms with Crippen molar-refractivity contribution in [1.82, 2.24) is 4.90 Å². The van der Waals surface area contributed by atoms with E-state index >= 15 is 0 Å². The van der Waals surface area contributed by atoms with Gasteiger partial charge in [-0.2, -0.15) is 0 Å². The van der Waals surface area contributed by atoms with E-state index < -0.39 is 0 Å². The van der Waals surface area contributed by atoms with Crippen molar-refractivity contribution in [3.8, 4) is 0 Å². The molecule has 1 aliphatic carbocycles. The van der Waals surface area contributed by atoms with Gasteiger partial charge in [0, 0.05) is 19.5 Å². The third-order valence-electron chi connectivity index (χ3n) is 4.65. The highest BCUT2D eigenvalue weighted by Gasteiger charge is 2.36. The number of morpholine rings is 1. The average molecular weight is 268 g/mol. The maximum absolute atomic E-state index is 12.5. The van der Waals surface area contributed by atoms with Crippen LogP contribution in [-0.4, -0.2) is 42.6 Å². The highest BCUT2D eigenvalue weighted by molar-refractivity contribution is 5.77. The maximum Gasteiger partial charge on any atom is 0.223 e. The summed E-state index contributed by atoms with van der Waals surface area (Å²) in [4.78, 5) is 14.5. The first-order valence-corrected chi connectivity index (χ1v) is 7.58. The molecule has 4 heteroatoms. The quantitative estimate of drug-likeness (QED) is 0.851. The molecule has 1 aliphatic heterocycles. The molecule has 0 radical (unpaired) electrons. The van der Waals surface area contributed by atoms with Gasteiger partial charge in [-0.15, -0.1) is 0 Å². The SMILES string of the molecule is CC1(C)CN(C(=O)CC2(CN)CCCCC2)CCO1. The summed E-state index contributed by atoms with van der Waals surface area (Å²) in [6.45, 7) is 6.81. The molecule has 0 spiro atoms. The van der Waals surface area contributed by atoms with Crippen LogP contribution in [0.2, 0.25) is 0 Å². The molecule has 1 amide bonds. The minimum absolute atomic E-state index is 0.0672. The number of hydrogen-bond donors (Lipinski definition) is 1. The Balaban J connectivity index is 1.95. The predicted molar refractivity (Wildman–Crippen MR) is 75.8 cm³/mol. The lowest BCUT2D eigenvalue weighted by molar-refractivity contribution is -0.148. The Bertz CT molecular complexity index is 322. The molecule has 2 aliphatic rings. The molecule has 0 atom stereocenters. The van der Waals surface area contributed by atoms with Gasteiger partial charge in [-0.1, -0.05) is 19.3 Å². The number of carbonyl (C=O) groups is 1. The summed E-state index contributed by atoms with van der Waals surface area (Å²) in [6, 6.07) is 0. The van der Waals surface area contributed by atoms with Crippen molar-refractivity contribution in [2.24, 2.45) is 11.1 Å². The van der Waals surface area contributed by atoms with Crippen LogP contribution in [0, 0.1) is 5.41 Å². The normalized spacial score (nSPS) is 26.2. The molecule has 19 heavy (non-hydrogen) atoms. The van der Waals surface area contributed by atoms with Crippen molar-refractivity contribution >= 4 is 5.91 Å². The number of nitrogens with two attached hydrogens (primary N) is 1. The summed E-state index contributed by atoms with van der Waals surface area (Å²) in [7, 11) is 0. The molecule has 0 bridgehead atoms. The summed E-state index contributed by atoms with van der Waals surface area (Å²) >= 11 is 0. The summed E-state index contributed by atoms with van der Waals surface area (Å²) in [5, 5.41) is 0. The zero-order chi connectivity index (χ0) is 13.9. The molecular weight excluding hydrogens is 240 g/mol. The van der Waals surface area contributed by atoms with Crippen LogP contribution in [0.4, 0.5) is 0 Å². The van der Waals surface area contributed by atoms with Crippen molar-refractivity contribution in [1.29, 1.82) is 0 Å². The van der Waals surface area contributed by atoms with Gasteiger partial charge >= 0.3 is 0 Å². The van der Waals surface area contributed by atoms with Gasteiger partial charge in [0.1, 0.15) is 0 Å². The van der Waals surface area contributed by atoms with Gasteiger partial charge in [-0.05, 0) is 38.6 Å². The smallest absolute Gasteiger partial charge is 0.223 e. The first kappa shape index (κ1) is 14.8. The highest BCUT2D eigenvalue weighted by Crippen LogP contribution is 2.39. The van der Waals surface area contributed by atoms with Crippen molar-refractivity contribution in [3.05, 3.63) is 0 Å². The number of amides is 1. The monoisotopic (exact) mass is 268 g/mol. The highest BCUT2D eigenvalue weighted by atomic mass is 16.5. The topological polar surface area (TPSA) is 55.6 Å². The van der Waals surface area contributed by atoms with E-state index in [2.05, 4.69) is 0 Å². The van der Waals surface area contributed by atoms with Crippen molar-refractivity contribution in [3.63, 3.8) is 0 Å². The van der Waals surface area contributed by atoms with E-state index in [1.165, 1.54) is 19.3 Å². The Morgan fingerprint density at radius 2 is 1.95 bits per heavy atom. The lowest BCUT2D eigenvalue weighted by Gasteiger charge is -2.41. The van der Waals surface area contributed by atoms with Crippen LogP contribution in [0.1, 0.15) is 52.4 Å². The zero-order valence-electron chi connectivity index (χ0n) is 12.4. The first-order chi connectivity index (χ1) is 8.96. The van der Waals surface area contributed by atoms with Crippen LogP contribution in [0.15, 0.2) is 0 Å². The molecule has 0 unspecified atom stereocenters. The van der Waals surface area contributed by atoms with Gasteiger partial charge in [0.15, 0.2) is 0 Å². The summed E-state index contributed by atoms with van der Waals surface area (Å²) in [5.74, 6) is 0.267. The van der Waals surface area contributed by atoms with E-state index in [4.69, 9.17) is 10.5 Å². The standard InChI is InChI=1S/C15H28N2O2/c1-14(2)12-17(8-9-19-14)13(18)10-15(11-16)6-4-3-5-7-15/h3-12,16H2,1-2H3. The summed E-state index contributed by atoms with van der Waals surface area (Å²) in [5.41, 5.74) is 5.83. The Morgan fingerprint density at radius 1 is 1.26 bits per heavy atom. The maximum atomic E-state index is 12.5. The number of nitrogens with zero attached hydrogens (tertiary/aromatic N) is 1. The number of ether oxygens (including phenoxy) is 1. The van der Waals surface area contributed by atoms with Gasteiger partial charge in [0.25, 0.3) is 0 Å². The molecule has 2 N–H and O–H groups in total. The van der Waals surface area contributed by atoms with E-state index in [-0.39, 0.29) is 16.9 Å². The number of rotatable bonds is 3. The third-order valence-corrected chi connectivity index (χ3v) is 4.65. The van der Waals surface area contributed by atoms with E-state index in [0.29, 0.717) is 26.1 Å². The molecule has 0 aromatic heterocycles.